The molecule has 0 amide bonds. The second kappa shape index (κ2) is 4.68. The molecule has 0 aliphatic rings. The first-order valence-electron chi connectivity index (χ1n) is 5.15. The Morgan fingerprint density at radius 2 is 1.93 bits per heavy atom. The van der Waals surface area contributed by atoms with Crippen LogP contribution in [0.3, 0.4) is 0 Å². The summed E-state index contributed by atoms with van der Waals surface area (Å²) in [6.07, 6.45) is 0.137. The van der Waals surface area contributed by atoms with Gasteiger partial charge in [-0.15, -0.1) is 11.3 Å². The van der Waals surface area contributed by atoms with Crippen molar-refractivity contribution in [3.05, 3.63) is 15.8 Å². The normalized spacial score (nSPS) is 14.0. The van der Waals surface area contributed by atoms with E-state index in [1.165, 1.54) is 10.4 Å². The zero-order chi connectivity index (χ0) is 11.6. The Morgan fingerprint density at radius 1 is 1.33 bits per heavy atom. The molecule has 1 heterocycles. The summed E-state index contributed by atoms with van der Waals surface area (Å²) in [6.45, 7) is 10.8. The van der Waals surface area contributed by atoms with Gasteiger partial charge in [0.2, 0.25) is 0 Å². The molecule has 4 heteroatoms. The Bertz CT molecular complexity index is 328. The van der Waals surface area contributed by atoms with E-state index in [0.29, 0.717) is 0 Å². The zero-order valence-corrected chi connectivity index (χ0v) is 12.2. The first kappa shape index (κ1) is 12.7. The fourth-order valence-corrected chi connectivity index (χ4v) is 3.76. The van der Waals surface area contributed by atoms with E-state index in [-0.39, 0.29) is 6.10 Å². The van der Waals surface area contributed by atoms with Crippen LogP contribution in [0.4, 0.5) is 0 Å². The van der Waals surface area contributed by atoms with Crippen LogP contribution in [-0.2, 0) is 4.43 Å². The molecule has 1 aromatic rings. The van der Waals surface area contributed by atoms with Crippen molar-refractivity contribution in [3.8, 4) is 5.75 Å². The van der Waals surface area contributed by atoms with Crippen molar-refractivity contribution in [2.24, 2.45) is 0 Å². The number of ether oxygens (including phenoxy) is 1. The van der Waals surface area contributed by atoms with Crippen molar-refractivity contribution in [2.75, 3.05) is 7.11 Å². The number of rotatable bonds is 4. The molecule has 1 atom stereocenters. The third-order valence-electron chi connectivity index (χ3n) is 2.14. The van der Waals surface area contributed by atoms with E-state index in [1.54, 1.807) is 18.4 Å². The van der Waals surface area contributed by atoms with Crippen LogP contribution in [0.5, 0.6) is 5.75 Å². The van der Waals surface area contributed by atoms with Gasteiger partial charge in [-0.1, -0.05) is 0 Å². The van der Waals surface area contributed by atoms with E-state index in [9.17, 15) is 0 Å². The van der Waals surface area contributed by atoms with Crippen molar-refractivity contribution in [2.45, 2.75) is 39.6 Å². The standard InChI is InChI=1S/C11H20O2SSi/c1-8(13-15(4,5)6)11-9(2)14-7-10(11)12-3/h7-8H,1-6H3. The number of aryl methyl sites for hydroxylation is 1. The van der Waals surface area contributed by atoms with Crippen molar-refractivity contribution >= 4 is 19.7 Å². The number of methoxy groups -OCH3 is 1. The maximum Gasteiger partial charge on any atom is 0.184 e. The lowest BCUT2D eigenvalue weighted by molar-refractivity contribution is 0.213. The van der Waals surface area contributed by atoms with Crippen molar-refractivity contribution in [1.29, 1.82) is 0 Å². The van der Waals surface area contributed by atoms with Gasteiger partial charge < -0.3 is 9.16 Å². The Hall–Kier alpha value is -0.323. The molecule has 0 aliphatic heterocycles. The largest absolute Gasteiger partial charge is 0.495 e. The van der Waals surface area contributed by atoms with Gasteiger partial charge in [0, 0.05) is 15.8 Å². The van der Waals surface area contributed by atoms with Gasteiger partial charge in [-0.2, -0.15) is 0 Å². The Morgan fingerprint density at radius 3 is 2.40 bits per heavy atom. The van der Waals surface area contributed by atoms with E-state index in [1.807, 2.05) is 0 Å². The van der Waals surface area contributed by atoms with E-state index in [4.69, 9.17) is 9.16 Å². The average Bonchev–Trinajstić information content (AvgIpc) is 2.43. The molecule has 0 fully saturated rings. The first-order valence-corrected chi connectivity index (χ1v) is 9.43. The van der Waals surface area contributed by atoms with E-state index >= 15 is 0 Å². The summed E-state index contributed by atoms with van der Waals surface area (Å²) in [5, 5.41) is 2.05. The predicted octanol–water partition coefficient (Wildman–Crippen LogP) is 3.98. The van der Waals surface area contributed by atoms with Gasteiger partial charge in [0.05, 0.1) is 13.2 Å². The van der Waals surface area contributed by atoms with Crippen LogP contribution >= 0.6 is 11.3 Å². The maximum absolute atomic E-state index is 6.07. The van der Waals surface area contributed by atoms with Gasteiger partial charge in [-0.25, -0.2) is 0 Å². The molecule has 0 N–H and O–H groups in total. The number of hydrogen-bond acceptors (Lipinski definition) is 3. The van der Waals surface area contributed by atoms with Gasteiger partial charge >= 0.3 is 0 Å². The smallest absolute Gasteiger partial charge is 0.184 e. The SMILES string of the molecule is COc1csc(C)c1C(C)O[Si](C)(C)C. The number of hydrogen-bond donors (Lipinski definition) is 0. The van der Waals surface area contributed by atoms with Gasteiger partial charge in [0.25, 0.3) is 0 Å². The molecule has 0 saturated heterocycles. The monoisotopic (exact) mass is 244 g/mol. The molecule has 0 bridgehead atoms. The fourth-order valence-electron chi connectivity index (χ4n) is 1.68. The maximum atomic E-state index is 6.07. The molecule has 0 spiro atoms. The van der Waals surface area contributed by atoms with Gasteiger partial charge in [0.1, 0.15) is 5.75 Å². The molecule has 15 heavy (non-hydrogen) atoms. The lowest BCUT2D eigenvalue weighted by Gasteiger charge is -2.24. The predicted molar refractivity (Wildman–Crippen MR) is 68.5 cm³/mol. The van der Waals surface area contributed by atoms with E-state index < -0.39 is 8.32 Å². The summed E-state index contributed by atoms with van der Waals surface area (Å²) < 4.78 is 11.4. The minimum atomic E-state index is -1.49. The van der Waals surface area contributed by atoms with Gasteiger partial charge in [-0.05, 0) is 33.5 Å². The lowest BCUT2D eigenvalue weighted by Crippen LogP contribution is -2.27. The van der Waals surface area contributed by atoms with Crippen LogP contribution < -0.4 is 4.74 Å². The third-order valence-corrected chi connectivity index (χ3v) is 4.11. The summed E-state index contributed by atoms with van der Waals surface area (Å²) >= 11 is 1.72. The van der Waals surface area contributed by atoms with E-state index in [2.05, 4.69) is 38.9 Å². The highest BCUT2D eigenvalue weighted by Gasteiger charge is 2.23. The van der Waals surface area contributed by atoms with Crippen LogP contribution in [0, 0.1) is 6.92 Å². The molecular formula is C11H20O2SSi. The Labute approximate surface area is 97.4 Å². The molecule has 0 aromatic carbocycles. The minimum absolute atomic E-state index is 0.137. The number of thiophene rings is 1. The first-order chi connectivity index (χ1) is 6.85. The molecular weight excluding hydrogens is 224 g/mol. The van der Waals surface area contributed by atoms with E-state index in [0.717, 1.165) is 5.75 Å². The van der Waals surface area contributed by atoms with Crippen molar-refractivity contribution in [3.63, 3.8) is 0 Å². The zero-order valence-electron chi connectivity index (χ0n) is 10.4. The van der Waals surface area contributed by atoms with Crippen LogP contribution in [0.2, 0.25) is 19.6 Å². The Kier molecular flexibility index (Phi) is 3.97. The van der Waals surface area contributed by atoms with Crippen LogP contribution in [-0.4, -0.2) is 15.4 Å². The highest BCUT2D eigenvalue weighted by atomic mass is 32.1. The summed E-state index contributed by atoms with van der Waals surface area (Å²) in [7, 11) is 0.229. The average molecular weight is 244 g/mol. The van der Waals surface area contributed by atoms with Crippen molar-refractivity contribution in [1.82, 2.24) is 0 Å². The molecule has 1 aromatic heterocycles. The highest BCUT2D eigenvalue weighted by molar-refractivity contribution is 7.10. The summed E-state index contributed by atoms with van der Waals surface area (Å²) in [6, 6.07) is 0. The van der Waals surface area contributed by atoms with Gasteiger partial charge in [0.15, 0.2) is 8.32 Å². The van der Waals surface area contributed by atoms with Crippen LogP contribution in [0.1, 0.15) is 23.5 Å². The second-order valence-corrected chi connectivity index (χ2v) is 10.2. The quantitative estimate of drug-likeness (QED) is 0.746. The minimum Gasteiger partial charge on any atom is -0.495 e. The van der Waals surface area contributed by atoms with Gasteiger partial charge in [-0.3, -0.25) is 0 Å². The van der Waals surface area contributed by atoms with Crippen molar-refractivity contribution < 1.29 is 9.16 Å². The van der Waals surface area contributed by atoms with Crippen LogP contribution in [0.25, 0.3) is 0 Å². The molecule has 0 aliphatic carbocycles. The molecule has 0 radical (unpaired) electrons. The summed E-state index contributed by atoms with van der Waals surface area (Å²) in [5.74, 6) is 0.961. The molecule has 86 valence electrons. The summed E-state index contributed by atoms with van der Waals surface area (Å²) in [5.41, 5.74) is 1.21. The molecule has 0 saturated carbocycles. The third kappa shape index (κ3) is 3.33. The summed E-state index contributed by atoms with van der Waals surface area (Å²) in [4.78, 5) is 1.29. The molecule has 2 nitrogen and oxygen atoms in total. The van der Waals surface area contributed by atoms with Crippen LogP contribution in [0.15, 0.2) is 5.38 Å². The Balaban J connectivity index is 2.90. The molecule has 1 rings (SSSR count). The lowest BCUT2D eigenvalue weighted by atomic mass is 10.1. The highest BCUT2D eigenvalue weighted by Crippen LogP contribution is 2.36. The topological polar surface area (TPSA) is 18.5 Å². The fraction of sp³-hybridized carbons (Fsp3) is 0.636. The molecule has 1 unspecified atom stereocenters. The second-order valence-electron chi connectivity index (χ2n) is 4.65.